The number of benzene rings is 1. The second-order valence-electron chi connectivity index (χ2n) is 6.52. The third-order valence-electron chi connectivity index (χ3n) is 5.19. The molecule has 0 amide bonds. The van der Waals surface area contributed by atoms with Crippen molar-refractivity contribution < 1.29 is 18.0 Å². The van der Waals surface area contributed by atoms with Crippen molar-refractivity contribution in [1.29, 1.82) is 0 Å². The highest BCUT2D eigenvalue weighted by molar-refractivity contribution is 5.98. The Morgan fingerprint density at radius 3 is 2.41 bits per heavy atom. The Kier molecular flexibility index (Phi) is 4.02. The minimum absolute atomic E-state index is 0.129. The number of halogens is 3. The van der Waals surface area contributed by atoms with Gasteiger partial charge in [-0.25, -0.2) is 0 Å². The van der Waals surface area contributed by atoms with Crippen LogP contribution in [0.1, 0.15) is 48.0 Å². The summed E-state index contributed by atoms with van der Waals surface area (Å²) in [5.41, 5.74) is -0.547. The highest BCUT2D eigenvalue weighted by atomic mass is 19.4. The summed E-state index contributed by atoms with van der Waals surface area (Å²) < 4.78 is 38.4. The van der Waals surface area contributed by atoms with Crippen molar-refractivity contribution in [3.05, 3.63) is 35.4 Å². The lowest BCUT2D eigenvalue weighted by Gasteiger charge is -2.46. The van der Waals surface area contributed by atoms with E-state index in [2.05, 4.69) is 11.9 Å². The molecule has 2 saturated heterocycles. The van der Waals surface area contributed by atoms with E-state index in [1.54, 1.807) is 0 Å². The standard InChI is InChI=1S/C17H20F3NO/c1-21-14-6-3-7-15(21)10-12(9-14)16(22)11-4-2-5-13(8-11)17(18,19)20/h2,4-5,8,12,14-15H,3,6-7,9-10H2,1H3. The van der Waals surface area contributed by atoms with Crippen LogP contribution in [0.3, 0.4) is 0 Å². The summed E-state index contributed by atoms with van der Waals surface area (Å²) in [6.07, 6.45) is 0.479. The average Bonchev–Trinajstić information content (AvgIpc) is 2.45. The lowest BCUT2D eigenvalue weighted by atomic mass is 9.76. The summed E-state index contributed by atoms with van der Waals surface area (Å²) in [7, 11) is 2.10. The molecule has 22 heavy (non-hydrogen) atoms. The maximum atomic E-state index is 12.8. The van der Waals surface area contributed by atoms with Crippen LogP contribution in [0.4, 0.5) is 13.2 Å². The first-order valence-corrected chi connectivity index (χ1v) is 7.79. The van der Waals surface area contributed by atoms with Gasteiger partial charge in [0.25, 0.3) is 0 Å². The molecule has 0 aliphatic carbocycles. The van der Waals surface area contributed by atoms with Crippen LogP contribution in [0.5, 0.6) is 0 Å². The maximum absolute atomic E-state index is 12.8. The van der Waals surface area contributed by atoms with Crippen molar-refractivity contribution >= 4 is 5.78 Å². The van der Waals surface area contributed by atoms with Gasteiger partial charge in [-0.3, -0.25) is 4.79 Å². The van der Waals surface area contributed by atoms with Crippen molar-refractivity contribution in [2.45, 2.75) is 50.4 Å². The molecule has 120 valence electrons. The van der Waals surface area contributed by atoms with Gasteiger partial charge >= 0.3 is 6.18 Å². The summed E-state index contributed by atoms with van der Waals surface area (Å²) >= 11 is 0. The Labute approximate surface area is 128 Å². The predicted octanol–water partition coefficient (Wildman–Crippen LogP) is 4.15. The van der Waals surface area contributed by atoms with Crippen LogP contribution in [0.15, 0.2) is 24.3 Å². The summed E-state index contributed by atoms with van der Waals surface area (Å²) in [4.78, 5) is 15.0. The van der Waals surface area contributed by atoms with Crippen molar-refractivity contribution in [2.24, 2.45) is 5.92 Å². The van der Waals surface area contributed by atoms with E-state index < -0.39 is 11.7 Å². The number of rotatable bonds is 2. The van der Waals surface area contributed by atoms with Gasteiger partial charge in [0, 0.05) is 23.6 Å². The van der Waals surface area contributed by atoms with E-state index in [9.17, 15) is 18.0 Å². The Hall–Kier alpha value is -1.36. The van der Waals surface area contributed by atoms with Crippen LogP contribution in [0.2, 0.25) is 0 Å². The third-order valence-corrected chi connectivity index (χ3v) is 5.19. The van der Waals surface area contributed by atoms with E-state index >= 15 is 0 Å². The lowest BCUT2D eigenvalue weighted by Crippen LogP contribution is -2.51. The van der Waals surface area contributed by atoms with E-state index in [4.69, 9.17) is 0 Å². The first-order chi connectivity index (χ1) is 10.4. The minimum atomic E-state index is -4.40. The van der Waals surface area contributed by atoms with Gasteiger partial charge in [0.05, 0.1) is 5.56 Å². The van der Waals surface area contributed by atoms with Crippen LogP contribution in [0, 0.1) is 5.92 Å². The van der Waals surface area contributed by atoms with Crippen molar-refractivity contribution in [3.8, 4) is 0 Å². The van der Waals surface area contributed by atoms with Crippen LogP contribution >= 0.6 is 0 Å². The second kappa shape index (κ2) is 5.69. The van der Waals surface area contributed by atoms with Gasteiger partial charge in [0.2, 0.25) is 0 Å². The summed E-state index contributed by atoms with van der Waals surface area (Å²) in [6.45, 7) is 0. The topological polar surface area (TPSA) is 20.3 Å². The number of hydrogen-bond acceptors (Lipinski definition) is 2. The molecule has 2 atom stereocenters. The van der Waals surface area contributed by atoms with Crippen LogP contribution in [-0.4, -0.2) is 29.8 Å². The number of piperidine rings is 2. The summed E-state index contributed by atoms with van der Waals surface area (Å²) in [5, 5.41) is 0. The molecule has 2 unspecified atom stereocenters. The second-order valence-corrected chi connectivity index (χ2v) is 6.52. The first kappa shape index (κ1) is 15.5. The number of alkyl halides is 3. The molecule has 2 heterocycles. The zero-order valence-corrected chi connectivity index (χ0v) is 12.6. The van der Waals surface area contributed by atoms with Gasteiger partial charge in [0.15, 0.2) is 5.78 Å². The number of hydrogen-bond donors (Lipinski definition) is 0. The normalized spacial score (nSPS) is 29.4. The van der Waals surface area contributed by atoms with Crippen LogP contribution in [0.25, 0.3) is 0 Å². The predicted molar refractivity (Wildman–Crippen MR) is 77.7 cm³/mol. The van der Waals surface area contributed by atoms with Crippen molar-refractivity contribution in [3.63, 3.8) is 0 Å². The molecule has 0 saturated carbocycles. The molecule has 1 aromatic rings. The molecule has 0 radical (unpaired) electrons. The van der Waals surface area contributed by atoms with Crippen molar-refractivity contribution in [1.82, 2.24) is 4.90 Å². The monoisotopic (exact) mass is 311 g/mol. The van der Waals surface area contributed by atoms with E-state index in [1.807, 2.05) is 0 Å². The first-order valence-electron chi connectivity index (χ1n) is 7.79. The van der Waals surface area contributed by atoms with Gasteiger partial charge in [-0.2, -0.15) is 13.2 Å². The quantitative estimate of drug-likeness (QED) is 0.765. The highest BCUT2D eigenvalue weighted by Crippen LogP contribution is 2.37. The number of fused-ring (bicyclic) bond motifs is 2. The molecule has 2 bridgehead atoms. The van der Waals surface area contributed by atoms with E-state index in [0.29, 0.717) is 12.1 Å². The lowest BCUT2D eigenvalue weighted by molar-refractivity contribution is -0.137. The molecule has 0 N–H and O–H groups in total. The Bertz CT molecular complexity index is 555. The SMILES string of the molecule is CN1C2CCCC1CC(C(=O)c1cccc(C(F)(F)F)c1)C2. The van der Waals surface area contributed by atoms with Gasteiger partial charge in [0.1, 0.15) is 0 Å². The van der Waals surface area contributed by atoms with Crippen LogP contribution < -0.4 is 0 Å². The number of Topliss-reactive ketones (excluding diaryl/α,β-unsaturated/α-hetero) is 1. The zero-order valence-electron chi connectivity index (χ0n) is 12.6. The molecule has 2 fully saturated rings. The maximum Gasteiger partial charge on any atom is 0.416 e. The number of ketones is 1. The number of nitrogens with zero attached hydrogens (tertiary/aromatic N) is 1. The van der Waals surface area contributed by atoms with E-state index in [1.165, 1.54) is 18.6 Å². The van der Waals surface area contributed by atoms with E-state index in [0.717, 1.165) is 37.8 Å². The molecule has 0 spiro atoms. The molecule has 5 heteroatoms. The fourth-order valence-corrected chi connectivity index (χ4v) is 3.91. The fraction of sp³-hybridized carbons (Fsp3) is 0.588. The largest absolute Gasteiger partial charge is 0.416 e. The summed E-state index contributed by atoms with van der Waals surface area (Å²) in [5.74, 6) is -0.272. The zero-order chi connectivity index (χ0) is 15.9. The molecular formula is C17H20F3NO. The van der Waals surface area contributed by atoms with Gasteiger partial charge in [-0.1, -0.05) is 18.6 Å². The number of carbonyl (C=O) groups excluding carboxylic acids is 1. The molecule has 2 aliphatic heterocycles. The van der Waals surface area contributed by atoms with Gasteiger partial charge in [-0.05, 0) is 44.9 Å². The van der Waals surface area contributed by atoms with E-state index in [-0.39, 0.29) is 17.3 Å². The molecule has 2 aliphatic rings. The molecule has 3 rings (SSSR count). The Balaban J connectivity index is 1.80. The fourth-order valence-electron chi connectivity index (χ4n) is 3.91. The average molecular weight is 311 g/mol. The smallest absolute Gasteiger partial charge is 0.300 e. The van der Waals surface area contributed by atoms with Gasteiger partial charge in [-0.15, -0.1) is 0 Å². The third kappa shape index (κ3) is 2.91. The van der Waals surface area contributed by atoms with Crippen molar-refractivity contribution in [2.75, 3.05) is 7.05 Å². The Morgan fingerprint density at radius 2 is 1.82 bits per heavy atom. The molecule has 0 aromatic heterocycles. The number of carbonyl (C=O) groups is 1. The molecule has 2 nitrogen and oxygen atoms in total. The molecular weight excluding hydrogens is 291 g/mol. The minimum Gasteiger partial charge on any atom is -0.300 e. The summed E-state index contributed by atoms with van der Waals surface area (Å²) in [6, 6.07) is 5.63. The highest BCUT2D eigenvalue weighted by Gasteiger charge is 2.39. The van der Waals surface area contributed by atoms with Crippen LogP contribution in [-0.2, 0) is 6.18 Å². The van der Waals surface area contributed by atoms with Gasteiger partial charge < -0.3 is 4.90 Å². The Morgan fingerprint density at radius 1 is 1.18 bits per heavy atom. The molecule has 1 aromatic carbocycles.